The first-order chi connectivity index (χ1) is 8.04. The molecule has 92 valence electrons. The fourth-order valence-electron chi connectivity index (χ4n) is 1.65. The molecule has 2 rings (SSSR count). The van der Waals surface area contributed by atoms with Gasteiger partial charge in [-0.2, -0.15) is 5.10 Å². The van der Waals surface area contributed by atoms with Gasteiger partial charge in [0.15, 0.2) is 0 Å². The molecule has 2 heterocycles. The number of thiophene rings is 1. The predicted molar refractivity (Wildman–Crippen MR) is 73.7 cm³/mol. The number of hydrogen-bond acceptors (Lipinski definition) is 3. The maximum atomic E-state index is 10.4. The Morgan fingerprint density at radius 2 is 2.35 bits per heavy atom. The molecule has 1 atom stereocenters. The van der Waals surface area contributed by atoms with Gasteiger partial charge in [-0.3, -0.25) is 4.68 Å². The largest absolute Gasteiger partial charge is 0.381 e. The SMILES string of the molecule is CCn1ncc(Cl)c1C(O)c1cc(C)c(Br)s1. The molecule has 17 heavy (non-hydrogen) atoms. The van der Waals surface area contributed by atoms with Crippen LogP contribution in [-0.2, 0) is 6.54 Å². The third kappa shape index (κ3) is 2.42. The molecule has 0 aliphatic carbocycles. The van der Waals surface area contributed by atoms with E-state index in [0.717, 1.165) is 14.2 Å². The van der Waals surface area contributed by atoms with Gasteiger partial charge in [0.05, 0.1) is 20.7 Å². The van der Waals surface area contributed by atoms with Crippen molar-refractivity contribution < 1.29 is 5.11 Å². The average Bonchev–Trinajstić information content (AvgIpc) is 2.82. The van der Waals surface area contributed by atoms with E-state index in [4.69, 9.17) is 11.6 Å². The fraction of sp³-hybridized carbons (Fsp3) is 0.364. The number of aliphatic hydroxyl groups excluding tert-OH is 1. The molecule has 1 unspecified atom stereocenters. The van der Waals surface area contributed by atoms with Crippen LogP contribution in [0.5, 0.6) is 0 Å². The van der Waals surface area contributed by atoms with Crippen molar-refractivity contribution in [2.45, 2.75) is 26.5 Å². The summed E-state index contributed by atoms with van der Waals surface area (Å²) < 4.78 is 2.75. The molecule has 0 saturated carbocycles. The van der Waals surface area contributed by atoms with E-state index in [1.54, 1.807) is 10.9 Å². The number of halogens is 2. The molecule has 2 aromatic heterocycles. The highest BCUT2D eigenvalue weighted by Gasteiger charge is 2.21. The van der Waals surface area contributed by atoms with E-state index in [1.807, 2.05) is 19.9 Å². The first-order valence-corrected chi connectivity index (χ1v) is 7.18. The van der Waals surface area contributed by atoms with E-state index >= 15 is 0 Å². The summed E-state index contributed by atoms with van der Waals surface area (Å²) in [5.41, 5.74) is 1.77. The molecule has 0 aliphatic heterocycles. The van der Waals surface area contributed by atoms with Crippen molar-refractivity contribution in [1.29, 1.82) is 0 Å². The first-order valence-electron chi connectivity index (χ1n) is 5.19. The van der Waals surface area contributed by atoms with Gasteiger partial charge in [0.2, 0.25) is 0 Å². The molecule has 3 nitrogen and oxygen atoms in total. The normalized spacial score (nSPS) is 13.0. The molecule has 2 aromatic rings. The van der Waals surface area contributed by atoms with Crippen molar-refractivity contribution in [2.75, 3.05) is 0 Å². The zero-order chi connectivity index (χ0) is 12.6. The molecule has 0 bridgehead atoms. The third-order valence-electron chi connectivity index (χ3n) is 2.54. The van der Waals surface area contributed by atoms with Crippen molar-refractivity contribution in [2.24, 2.45) is 0 Å². The third-order valence-corrected chi connectivity index (χ3v) is 5.02. The lowest BCUT2D eigenvalue weighted by Crippen LogP contribution is -2.08. The predicted octanol–water partition coefficient (Wildman–Crippen LogP) is 3.77. The van der Waals surface area contributed by atoms with Crippen molar-refractivity contribution in [3.63, 3.8) is 0 Å². The zero-order valence-electron chi connectivity index (χ0n) is 9.44. The average molecular weight is 336 g/mol. The topological polar surface area (TPSA) is 38.0 Å². The van der Waals surface area contributed by atoms with Crippen molar-refractivity contribution >= 4 is 38.9 Å². The van der Waals surface area contributed by atoms with E-state index in [0.29, 0.717) is 17.3 Å². The molecule has 1 N–H and O–H groups in total. The van der Waals surface area contributed by atoms with Gasteiger partial charge in [0.1, 0.15) is 6.10 Å². The number of hydrogen-bond donors (Lipinski definition) is 1. The Morgan fingerprint density at radius 1 is 1.65 bits per heavy atom. The summed E-state index contributed by atoms with van der Waals surface area (Å²) in [4.78, 5) is 0.867. The lowest BCUT2D eigenvalue weighted by atomic mass is 10.2. The molecular formula is C11H12BrClN2OS. The van der Waals surface area contributed by atoms with E-state index in [1.165, 1.54) is 11.3 Å². The van der Waals surface area contributed by atoms with Crippen LogP contribution < -0.4 is 0 Å². The Bertz CT molecular complexity index is 518. The summed E-state index contributed by atoms with van der Waals surface area (Å²) in [6, 6.07) is 1.96. The molecular weight excluding hydrogens is 324 g/mol. The minimum atomic E-state index is -0.722. The van der Waals surface area contributed by atoms with Gasteiger partial charge in [-0.05, 0) is 41.4 Å². The van der Waals surface area contributed by atoms with Gasteiger partial charge in [0.25, 0.3) is 0 Å². The Morgan fingerprint density at radius 3 is 2.88 bits per heavy atom. The maximum absolute atomic E-state index is 10.4. The standard InChI is InChI=1S/C11H12BrClN2OS/c1-3-15-9(7(13)5-14-15)10(16)8-4-6(2)11(12)17-8/h4-5,10,16H,3H2,1-2H3. The van der Waals surface area contributed by atoms with Crippen LogP contribution in [0.25, 0.3) is 0 Å². The monoisotopic (exact) mass is 334 g/mol. The van der Waals surface area contributed by atoms with E-state index in [-0.39, 0.29) is 0 Å². The maximum Gasteiger partial charge on any atom is 0.131 e. The molecule has 0 aromatic carbocycles. The number of nitrogens with zero attached hydrogens (tertiary/aromatic N) is 2. The highest BCUT2D eigenvalue weighted by Crippen LogP contribution is 2.36. The lowest BCUT2D eigenvalue weighted by Gasteiger charge is -2.11. The quantitative estimate of drug-likeness (QED) is 0.927. The van der Waals surface area contributed by atoms with E-state index < -0.39 is 6.10 Å². The van der Waals surface area contributed by atoms with E-state index in [9.17, 15) is 5.11 Å². The second-order valence-electron chi connectivity index (χ2n) is 3.70. The van der Waals surface area contributed by atoms with Crippen molar-refractivity contribution in [3.05, 3.63) is 37.2 Å². The molecule has 0 amide bonds. The Kier molecular flexibility index (Phi) is 3.92. The summed E-state index contributed by atoms with van der Waals surface area (Å²) in [6.45, 7) is 4.65. The molecule has 6 heteroatoms. The van der Waals surface area contributed by atoms with Crippen LogP contribution in [0, 0.1) is 6.92 Å². The second kappa shape index (κ2) is 5.10. The molecule has 0 radical (unpaired) electrons. The van der Waals surface area contributed by atoms with Gasteiger partial charge in [-0.15, -0.1) is 11.3 Å². The fourth-order valence-corrected chi connectivity index (χ4v) is 3.45. The summed E-state index contributed by atoms with van der Waals surface area (Å²) in [5, 5.41) is 15.0. The van der Waals surface area contributed by atoms with Crippen LogP contribution >= 0.6 is 38.9 Å². The molecule has 0 aliphatic rings. The van der Waals surface area contributed by atoms with Gasteiger partial charge < -0.3 is 5.11 Å². The summed E-state index contributed by atoms with van der Waals surface area (Å²) in [5.74, 6) is 0. The number of aromatic nitrogens is 2. The number of aliphatic hydroxyl groups is 1. The molecule has 0 saturated heterocycles. The van der Waals surface area contributed by atoms with Gasteiger partial charge in [-0.1, -0.05) is 11.6 Å². The van der Waals surface area contributed by atoms with Crippen molar-refractivity contribution in [1.82, 2.24) is 9.78 Å². The van der Waals surface area contributed by atoms with Gasteiger partial charge in [0, 0.05) is 11.4 Å². The minimum absolute atomic E-state index is 0.501. The molecule has 0 spiro atoms. The molecule has 0 fully saturated rings. The van der Waals surface area contributed by atoms with Crippen LogP contribution in [0.3, 0.4) is 0 Å². The smallest absolute Gasteiger partial charge is 0.131 e. The van der Waals surface area contributed by atoms with E-state index in [2.05, 4.69) is 21.0 Å². The zero-order valence-corrected chi connectivity index (χ0v) is 12.6. The summed E-state index contributed by atoms with van der Waals surface area (Å²) in [6.07, 6.45) is 0.846. The van der Waals surface area contributed by atoms with Gasteiger partial charge in [-0.25, -0.2) is 0 Å². The summed E-state index contributed by atoms with van der Waals surface area (Å²) >= 11 is 11.0. The van der Waals surface area contributed by atoms with Crippen LogP contribution in [0.4, 0.5) is 0 Å². The summed E-state index contributed by atoms with van der Waals surface area (Å²) in [7, 11) is 0. The number of rotatable bonds is 3. The highest BCUT2D eigenvalue weighted by atomic mass is 79.9. The van der Waals surface area contributed by atoms with Crippen LogP contribution in [0.1, 0.15) is 29.2 Å². The second-order valence-corrected chi connectivity index (χ2v) is 6.51. The Balaban J connectivity index is 2.42. The van der Waals surface area contributed by atoms with Crippen LogP contribution in [0.2, 0.25) is 5.02 Å². The van der Waals surface area contributed by atoms with Crippen LogP contribution in [0.15, 0.2) is 16.0 Å². The minimum Gasteiger partial charge on any atom is -0.381 e. The number of aryl methyl sites for hydroxylation is 2. The highest BCUT2D eigenvalue weighted by molar-refractivity contribution is 9.11. The van der Waals surface area contributed by atoms with Gasteiger partial charge >= 0.3 is 0 Å². The Hall–Kier alpha value is -0.360. The van der Waals surface area contributed by atoms with Crippen LogP contribution in [-0.4, -0.2) is 14.9 Å². The Labute approximate surface area is 117 Å². The van der Waals surface area contributed by atoms with Crippen molar-refractivity contribution in [3.8, 4) is 0 Å². The lowest BCUT2D eigenvalue weighted by molar-refractivity contribution is 0.212. The first kappa shape index (κ1) is 13.1.